The molecule has 18 heavy (non-hydrogen) atoms. The zero-order chi connectivity index (χ0) is 12.8. The Labute approximate surface area is 103 Å². The average molecular weight is 248 g/mol. The number of methoxy groups -OCH3 is 1. The van der Waals surface area contributed by atoms with E-state index in [0.29, 0.717) is 30.2 Å². The summed E-state index contributed by atoms with van der Waals surface area (Å²) in [5.74, 6) is 0.751. The van der Waals surface area contributed by atoms with Gasteiger partial charge in [-0.3, -0.25) is 0 Å². The molecular weight excluding hydrogens is 236 g/mol. The smallest absolute Gasteiger partial charge is 0.338 e. The number of carbonyl (C=O) groups excluding carboxylic acids is 1. The minimum absolute atomic E-state index is 0.391. The Balaban J connectivity index is 1.91. The van der Waals surface area contributed by atoms with Crippen molar-refractivity contribution in [3.8, 4) is 0 Å². The highest BCUT2D eigenvalue weighted by Crippen LogP contribution is 2.08. The summed E-state index contributed by atoms with van der Waals surface area (Å²) in [6, 6.07) is 3.22. The molecule has 0 unspecified atom stereocenters. The van der Waals surface area contributed by atoms with Crippen molar-refractivity contribution in [3.05, 3.63) is 36.1 Å². The Hall–Kier alpha value is -2.44. The molecule has 7 nitrogen and oxygen atoms in total. The molecule has 0 amide bonds. The first kappa shape index (κ1) is 12.0. The van der Waals surface area contributed by atoms with Gasteiger partial charge in [0.1, 0.15) is 5.82 Å². The van der Waals surface area contributed by atoms with Gasteiger partial charge in [-0.1, -0.05) is 5.16 Å². The van der Waals surface area contributed by atoms with Gasteiger partial charge in [0.15, 0.2) is 6.33 Å². The largest absolute Gasteiger partial charge is 0.465 e. The zero-order valence-electron chi connectivity index (χ0n) is 9.79. The van der Waals surface area contributed by atoms with Crippen LogP contribution in [0.5, 0.6) is 0 Å². The number of pyridine rings is 1. The van der Waals surface area contributed by atoms with E-state index in [0.717, 1.165) is 0 Å². The second-order valence-electron chi connectivity index (χ2n) is 3.43. The Kier molecular flexibility index (Phi) is 3.85. The molecule has 0 aliphatic carbocycles. The number of esters is 1. The maximum absolute atomic E-state index is 11.3. The monoisotopic (exact) mass is 248 g/mol. The SMILES string of the molecule is COC(=O)c1ccnc(NCCc2ncno2)c1. The fraction of sp³-hybridized carbons (Fsp3) is 0.273. The van der Waals surface area contributed by atoms with Crippen molar-refractivity contribution in [2.24, 2.45) is 0 Å². The van der Waals surface area contributed by atoms with Gasteiger partial charge < -0.3 is 14.6 Å². The van der Waals surface area contributed by atoms with Crippen LogP contribution >= 0.6 is 0 Å². The second kappa shape index (κ2) is 5.76. The topological polar surface area (TPSA) is 90.1 Å². The van der Waals surface area contributed by atoms with Crippen molar-refractivity contribution in [1.82, 2.24) is 15.1 Å². The zero-order valence-corrected chi connectivity index (χ0v) is 9.79. The summed E-state index contributed by atoms with van der Waals surface area (Å²) in [4.78, 5) is 19.3. The molecule has 0 fully saturated rings. The lowest BCUT2D eigenvalue weighted by Crippen LogP contribution is -2.08. The molecule has 0 spiro atoms. The molecular formula is C11H12N4O3. The van der Waals surface area contributed by atoms with E-state index in [4.69, 9.17) is 4.52 Å². The van der Waals surface area contributed by atoms with Crippen LogP contribution in [0.2, 0.25) is 0 Å². The number of anilines is 1. The second-order valence-corrected chi connectivity index (χ2v) is 3.43. The van der Waals surface area contributed by atoms with Crippen LogP contribution in [-0.4, -0.2) is 34.7 Å². The van der Waals surface area contributed by atoms with Crippen LogP contribution in [0.1, 0.15) is 16.2 Å². The molecule has 94 valence electrons. The minimum atomic E-state index is -0.391. The van der Waals surface area contributed by atoms with Crippen molar-refractivity contribution in [1.29, 1.82) is 0 Å². The van der Waals surface area contributed by atoms with Gasteiger partial charge >= 0.3 is 5.97 Å². The molecule has 7 heteroatoms. The van der Waals surface area contributed by atoms with Gasteiger partial charge in [-0.2, -0.15) is 4.98 Å². The summed E-state index contributed by atoms with van der Waals surface area (Å²) in [5, 5.41) is 6.56. The van der Waals surface area contributed by atoms with Crippen molar-refractivity contribution in [2.45, 2.75) is 6.42 Å². The predicted molar refractivity (Wildman–Crippen MR) is 62.1 cm³/mol. The number of nitrogens with one attached hydrogen (secondary N) is 1. The van der Waals surface area contributed by atoms with Crippen LogP contribution in [0.15, 0.2) is 29.2 Å². The molecule has 0 atom stereocenters. The lowest BCUT2D eigenvalue weighted by Gasteiger charge is -2.05. The van der Waals surface area contributed by atoms with Gasteiger partial charge in [-0.25, -0.2) is 9.78 Å². The third-order valence-electron chi connectivity index (χ3n) is 2.23. The van der Waals surface area contributed by atoms with Crippen LogP contribution in [0, 0.1) is 0 Å². The van der Waals surface area contributed by atoms with Gasteiger partial charge in [-0.05, 0) is 12.1 Å². The molecule has 0 radical (unpaired) electrons. The highest BCUT2D eigenvalue weighted by Gasteiger charge is 2.06. The Morgan fingerprint density at radius 3 is 3.11 bits per heavy atom. The summed E-state index contributed by atoms with van der Waals surface area (Å²) < 4.78 is 9.48. The van der Waals surface area contributed by atoms with Crippen LogP contribution in [0.3, 0.4) is 0 Å². The van der Waals surface area contributed by atoms with Crippen molar-refractivity contribution < 1.29 is 14.1 Å². The number of aromatic nitrogens is 3. The quantitative estimate of drug-likeness (QED) is 0.786. The van der Waals surface area contributed by atoms with E-state index in [1.807, 2.05) is 0 Å². The molecule has 0 aliphatic heterocycles. The first-order valence-corrected chi connectivity index (χ1v) is 5.33. The maximum atomic E-state index is 11.3. The molecule has 2 aromatic heterocycles. The Bertz CT molecular complexity index is 513. The number of carbonyl (C=O) groups is 1. The van der Waals surface area contributed by atoms with Crippen LogP contribution < -0.4 is 5.32 Å². The molecule has 2 aromatic rings. The Morgan fingerprint density at radius 1 is 1.50 bits per heavy atom. The molecule has 2 rings (SSSR count). The van der Waals surface area contributed by atoms with Gasteiger partial charge in [0.2, 0.25) is 5.89 Å². The third-order valence-corrected chi connectivity index (χ3v) is 2.23. The van der Waals surface area contributed by atoms with Crippen LogP contribution in [0.25, 0.3) is 0 Å². The van der Waals surface area contributed by atoms with E-state index in [2.05, 4.69) is 25.2 Å². The standard InChI is InChI=1S/C11H12N4O3/c1-17-11(16)8-2-4-12-9(6-8)13-5-3-10-14-7-15-18-10/h2,4,6-7H,3,5H2,1H3,(H,12,13). The van der Waals surface area contributed by atoms with Gasteiger partial charge in [0.05, 0.1) is 12.7 Å². The first-order chi connectivity index (χ1) is 8.79. The van der Waals surface area contributed by atoms with Crippen molar-refractivity contribution in [3.63, 3.8) is 0 Å². The highest BCUT2D eigenvalue weighted by molar-refractivity contribution is 5.89. The van der Waals surface area contributed by atoms with Crippen LogP contribution in [0.4, 0.5) is 5.82 Å². The number of hydrogen-bond acceptors (Lipinski definition) is 7. The summed E-state index contributed by atoms with van der Waals surface area (Å²) in [6.07, 6.45) is 3.48. The predicted octanol–water partition coefficient (Wildman–Crippen LogP) is 0.906. The average Bonchev–Trinajstić information content (AvgIpc) is 2.91. The molecule has 0 aromatic carbocycles. The first-order valence-electron chi connectivity index (χ1n) is 5.33. The van der Waals surface area contributed by atoms with Crippen LogP contribution in [-0.2, 0) is 11.2 Å². The third kappa shape index (κ3) is 3.03. The van der Waals surface area contributed by atoms with Gasteiger partial charge in [0, 0.05) is 19.2 Å². The molecule has 1 N–H and O–H groups in total. The van der Waals surface area contributed by atoms with Crippen molar-refractivity contribution in [2.75, 3.05) is 19.0 Å². The van der Waals surface area contributed by atoms with E-state index in [1.54, 1.807) is 18.3 Å². The summed E-state index contributed by atoms with van der Waals surface area (Å²) in [7, 11) is 1.34. The van der Waals surface area contributed by atoms with E-state index >= 15 is 0 Å². The number of nitrogens with zero attached hydrogens (tertiary/aromatic N) is 3. The van der Waals surface area contributed by atoms with E-state index in [-0.39, 0.29) is 0 Å². The number of rotatable bonds is 5. The summed E-state index contributed by atoms with van der Waals surface area (Å²) >= 11 is 0. The van der Waals surface area contributed by atoms with E-state index in [9.17, 15) is 4.79 Å². The van der Waals surface area contributed by atoms with E-state index < -0.39 is 5.97 Å². The molecule has 0 bridgehead atoms. The maximum Gasteiger partial charge on any atom is 0.338 e. The van der Waals surface area contributed by atoms with Gasteiger partial charge in [-0.15, -0.1) is 0 Å². The van der Waals surface area contributed by atoms with Gasteiger partial charge in [0.25, 0.3) is 0 Å². The van der Waals surface area contributed by atoms with Crippen molar-refractivity contribution >= 4 is 11.8 Å². The molecule has 2 heterocycles. The fourth-order valence-electron chi connectivity index (χ4n) is 1.38. The summed E-state index contributed by atoms with van der Waals surface area (Å²) in [6.45, 7) is 0.583. The molecule has 0 saturated heterocycles. The fourth-order valence-corrected chi connectivity index (χ4v) is 1.38. The van der Waals surface area contributed by atoms with E-state index in [1.165, 1.54) is 13.4 Å². The number of hydrogen-bond donors (Lipinski definition) is 1. The minimum Gasteiger partial charge on any atom is -0.465 e. The molecule has 0 aliphatic rings. The Morgan fingerprint density at radius 2 is 2.39 bits per heavy atom. The number of ether oxygens (including phenoxy) is 1. The normalized spacial score (nSPS) is 10.1. The molecule has 0 saturated carbocycles. The lowest BCUT2D eigenvalue weighted by molar-refractivity contribution is 0.0600. The lowest BCUT2D eigenvalue weighted by atomic mass is 10.2. The summed E-state index contributed by atoms with van der Waals surface area (Å²) in [5.41, 5.74) is 0.452. The highest BCUT2D eigenvalue weighted by atomic mass is 16.5.